The molecule has 0 aliphatic carbocycles. The van der Waals surface area contributed by atoms with Crippen molar-refractivity contribution in [1.29, 1.82) is 0 Å². The lowest BCUT2D eigenvalue weighted by Crippen LogP contribution is -2.14. The average Bonchev–Trinajstić information content (AvgIpc) is 2.64. The van der Waals surface area contributed by atoms with Crippen LogP contribution in [0.1, 0.15) is 22.3 Å². The van der Waals surface area contributed by atoms with Crippen molar-refractivity contribution in [3.05, 3.63) is 100 Å². The first-order chi connectivity index (χ1) is 12.5. The molecule has 3 heteroatoms. The van der Waals surface area contributed by atoms with Crippen LogP contribution in [0.2, 0.25) is 5.02 Å². The van der Waals surface area contributed by atoms with Gasteiger partial charge in [-0.25, -0.2) is 0 Å². The summed E-state index contributed by atoms with van der Waals surface area (Å²) < 4.78 is 0. The first-order valence-electron chi connectivity index (χ1n) is 8.45. The summed E-state index contributed by atoms with van der Waals surface area (Å²) >= 11 is 6.29. The number of nitrogens with one attached hydrogen (secondary N) is 1. The van der Waals surface area contributed by atoms with E-state index in [-0.39, 0.29) is 5.91 Å². The second-order valence-electron chi connectivity index (χ2n) is 6.22. The predicted molar refractivity (Wildman–Crippen MR) is 110 cm³/mol. The molecule has 3 aromatic carbocycles. The number of carbonyl (C=O) groups excluding carboxylic acids is 1. The van der Waals surface area contributed by atoms with Crippen LogP contribution < -0.4 is 5.32 Å². The SMILES string of the molecule is Cc1ccc(C)c(NC(=O)/C(=C/c2ccccc2Cl)c2ccccc2)c1. The Morgan fingerprint density at radius 1 is 0.923 bits per heavy atom. The van der Waals surface area contributed by atoms with E-state index < -0.39 is 0 Å². The molecule has 0 saturated carbocycles. The lowest BCUT2D eigenvalue weighted by molar-refractivity contribution is -0.111. The van der Waals surface area contributed by atoms with Gasteiger partial charge in [0.2, 0.25) is 0 Å². The van der Waals surface area contributed by atoms with E-state index in [0.717, 1.165) is 27.9 Å². The summed E-state index contributed by atoms with van der Waals surface area (Å²) in [7, 11) is 0. The van der Waals surface area contributed by atoms with Gasteiger partial charge in [-0.15, -0.1) is 0 Å². The molecule has 130 valence electrons. The van der Waals surface area contributed by atoms with Gasteiger partial charge < -0.3 is 5.32 Å². The molecule has 26 heavy (non-hydrogen) atoms. The first-order valence-corrected chi connectivity index (χ1v) is 8.82. The van der Waals surface area contributed by atoms with Crippen molar-refractivity contribution in [2.24, 2.45) is 0 Å². The van der Waals surface area contributed by atoms with Gasteiger partial charge >= 0.3 is 0 Å². The second kappa shape index (κ2) is 8.03. The minimum absolute atomic E-state index is 0.162. The van der Waals surface area contributed by atoms with E-state index in [0.29, 0.717) is 10.6 Å². The largest absolute Gasteiger partial charge is 0.322 e. The van der Waals surface area contributed by atoms with Gasteiger partial charge in [-0.05, 0) is 54.3 Å². The van der Waals surface area contributed by atoms with E-state index in [9.17, 15) is 4.79 Å². The highest BCUT2D eigenvalue weighted by molar-refractivity contribution is 6.34. The third kappa shape index (κ3) is 4.22. The van der Waals surface area contributed by atoms with E-state index in [4.69, 9.17) is 11.6 Å². The van der Waals surface area contributed by atoms with Crippen molar-refractivity contribution in [3.63, 3.8) is 0 Å². The first kappa shape index (κ1) is 18.0. The quantitative estimate of drug-likeness (QED) is 0.439. The summed E-state index contributed by atoms with van der Waals surface area (Å²) in [5.74, 6) is -0.162. The highest BCUT2D eigenvalue weighted by atomic mass is 35.5. The number of halogens is 1. The second-order valence-corrected chi connectivity index (χ2v) is 6.63. The summed E-state index contributed by atoms with van der Waals surface area (Å²) in [5, 5.41) is 3.65. The number of carbonyl (C=O) groups is 1. The normalized spacial score (nSPS) is 11.3. The van der Waals surface area contributed by atoms with Gasteiger partial charge in [0.15, 0.2) is 0 Å². The molecular weight excluding hydrogens is 342 g/mol. The lowest BCUT2D eigenvalue weighted by Gasteiger charge is -2.13. The molecule has 0 spiro atoms. The predicted octanol–water partition coefficient (Wildman–Crippen LogP) is 6.14. The Morgan fingerprint density at radius 3 is 2.35 bits per heavy atom. The molecule has 3 aromatic rings. The fraction of sp³-hybridized carbons (Fsp3) is 0.0870. The van der Waals surface area contributed by atoms with Crippen LogP contribution in [0.25, 0.3) is 11.6 Å². The Kier molecular flexibility index (Phi) is 5.55. The summed E-state index contributed by atoms with van der Waals surface area (Å²) in [6.07, 6.45) is 1.83. The molecule has 0 aliphatic rings. The molecule has 1 amide bonds. The van der Waals surface area contributed by atoms with E-state index in [1.54, 1.807) is 0 Å². The summed E-state index contributed by atoms with van der Waals surface area (Å²) in [4.78, 5) is 13.1. The van der Waals surface area contributed by atoms with Crippen molar-refractivity contribution in [2.45, 2.75) is 13.8 Å². The molecule has 0 heterocycles. The Hall–Kier alpha value is -2.84. The number of anilines is 1. The molecule has 0 unspecified atom stereocenters. The van der Waals surface area contributed by atoms with Crippen LogP contribution in [0.4, 0.5) is 5.69 Å². The zero-order valence-electron chi connectivity index (χ0n) is 14.8. The van der Waals surface area contributed by atoms with Crippen molar-refractivity contribution in [1.82, 2.24) is 0 Å². The van der Waals surface area contributed by atoms with Crippen molar-refractivity contribution >= 4 is 34.8 Å². The maximum Gasteiger partial charge on any atom is 0.256 e. The molecule has 0 bridgehead atoms. The van der Waals surface area contributed by atoms with Gasteiger partial charge in [-0.2, -0.15) is 0 Å². The van der Waals surface area contributed by atoms with Crippen LogP contribution in [0.5, 0.6) is 0 Å². The Balaban J connectivity index is 2.02. The van der Waals surface area contributed by atoms with Crippen LogP contribution in [-0.2, 0) is 4.79 Å². The van der Waals surface area contributed by atoms with Crippen LogP contribution in [0.15, 0.2) is 72.8 Å². The number of benzene rings is 3. The zero-order valence-corrected chi connectivity index (χ0v) is 15.5. The van der Waals surface area contributed by atoms with Crippen LogP contribution in [-0.4, -0.2) is 5.91 Å². The average molecular weight is 362 g/mol. The van der Waals surface area contributed by atoms with Crippen molar-refractivity contribution < 1.29 is 4.79 Å². The summed E-state index contributed by atoms with van der Waals surface area (Å²) in [5.41, 5.74) is 5.16. The summed E-state index contributed by atoms with van der Waals surface area (Å²) in [6.45, 7) is 3.99. The molecule has 0 saturated heterocycles. The minimum atomic E-state index is -0.162. The van der Waals surface area contributed by atoms with Gasteiger partial charge in [0, 0.05) is 16.3 Å². The summed E-state index contributed by atoms with van der Waals surface area (Å²) in [6, 6.07) is 23.1. The van der Waals surface area contributed by atoms with E-state index >= 15 is 0 Å². The molecule has 0 fully saturated rings. The highest BCUT2D eigenvalue weighted by Crippen LogP contribution is 2.25. The molecule has 1 N–H and O–H groups in total. The topological polar surface area (TPSA) is 29.1 Å². The maximum absolute atomic E-state index is 13.1. The third-order valence-electron chi connectivity index (χ3n) is 4.18. The fourth-order valence-corrected chi connectivity index (χ4v) is 2.90. The van der Waals surface area contributed by atoms with Gasteiger partial charge in [0.25, 0.3) is 5.91 Å². The molecular formula is C23H20ClNO. The number of rotatable bonds is 4. The number of hydrogen-bond donors (Lipinski definition) is 1. The third-order valence-corrected chi connectivity index (χ3v) is 4.52. The van der Waals surface area contributed by atoms with Crippen molar-refractivity contribution in [2.75, 3.05) is 5.32 Å². The standard InChI is InChI=1S/C23H20ClNO/c1-16-12-13-17(2)22(14-16)25-23(26)20(18-8-4-3-5-9-18)15-19-10-6-7-11-21(19)24/h3-15H,1-2H3,(H,25,26)/b20-15+. The number of hydrogen-bond acceptors (Lipinski definition) is 1. The smallest absolute Gasteiger partial charge is 0.256 e. The minimum Gasteiger partial charge on any atom is -0.322 e. The van der Waals surface area contributed by atoms with Gasteiger partial charge in [0.05, 0.1) is 0 Å². The molecule has 3 rings (SSSR count). The van der Waals surface area contributed by atoms with Crippen LogP contribution in [0.3, 0.4) is 0 Å². The fourth-order valence-electron chi connectivity index (χ4n) is 2.71. The van der Waals surface area contributed by atoms with Crippen LogP contribution >= 0.6 is 11.6 Å². The monoisotopic (exact) mass is 361 g/mol. The van der Waals surface area contributed by atoms with E-state index in [1.165, 1.54) is 0 Å². The number of amides is 1. The molecule has 0 aliphatic heterocycles. The Morgan fingerprint density at radius 2 is 1.62 bits per heavy atom. The molecule has 0 aromatic heterocycles. The van der Waals surface area contributed by atoms with Gasteiger partial charge in [-0.1, -0.05) is 72.3 Å². The highest BCUT2D eigenvalue weighted by Gasteiger charge is 2.14. The number of aryl methyl sites for hydroxylation is 2. The lowest BCUT2D eigenvalue weighted by atomic mass is 10.0. The van der Waals surface area contributed by atoms with E-state index in [1.807, 2.05) is 92.7 Å². The Bertz CT molecular complexity index is 961. The zero-order chi connectivity index (χ0) is 18.5. The molecule has 0 radical (unpaired) electrons. The van der Waals surface area contributed by atoms with E-state index in [2.05, 4.69) is 5.32 Å². The Labute approximate surface area is 159 Å². The molecule has 2 nitrogen and oxygen atoms in total. The molecule has 0 atom stereocenters. The van der Waals surface area contributed by atoms with Gasteiger partial charge in [0.1, 0.15) is 0 Å². The maximum atomic E-state index is 13.1. The van der Waals surface area contributed by atoms with Crippen LogP contribution in [0, 0.1) is 13.8 Å². The van der Waals surface area contributed by atoms with Crippen molar-refractivity contribution in [3.8, 4) is 0 Å². The van der Waals surface area contributed by atoms with Gasteiger partial charge in [-0.3, -0.25) is 4.79 Å².